The molecule has 0 aliphatic rings. The summed E-state index contributed by atoms with van der Waals surface area (Å²) in [6.45, 7) is 1.94. The van der Waals surface area contributed by atoms with Crippen molar-refractivity contribution in [3.05, 3.63) is 70.8 Å². The number of hydrogen-bond donors (Lipinski definition) is 1. The van der Waals surface area contributed by atoms with E-state index in [1.165, 1.54) is 12.1 Å². The van der Waals surface area contributed by atoms with Gasteiger partial charge in [-0.25, -0.2) is 4.79 Å². The van der Waals surface area contributed by atoms with E-state index in [0.29, 0.717) is 17.5 Å². The number of rotatable bonds is 4. The summed E-state index contributed by atoms with van der Waals surface area (Å²) in [4.78, 5) is 23.4. The Morgan fingerprint density at radius 3 is 2.26 bits per heavy atom. The van der Waals surface area contributed by atoms with Gasteiger partial charge in [-0.1, -0.05) is 43.3 Å². The molecule has 0 aliphatic carbocycles. The number of aryl methyl sites for hydroxylation is 1. The number of carboxylic acids is 1. The molecule has 0 spiro atoms. The van der Waals surface area contributed by atoms with E-state index in [1.54, 1.807) is 30.3 Å². The Morgan fingerprint density at radius 1 is 1.00 bits per heavy atom. The maximum Gasteiger partial charge on any atom is 0.335 e. The van der Waals surface area contributed by atoms with Crippen LogP contribution in [0, 0.1) is 0 Å². The SMILES string of the molecule is CCc1ccc(C(=O)O)cc1C(=O)c1ccccc1. The van der Waals surface area contributed by atoms with Gasteiger partial charge < -0.3 is 5.11 Å². The summed E-state index contributed by atoms with van der Waals surface area (Å²) < 4.78 is 0. The van der Waals surface area contributed by atoms with Gasteiger partial charge in [-0.3, -0.25) is 4.79 Å². The third kappa shape index (κ3) is 2.71. The third-order valence-corrected chi connectivity index (χ3v) is 3.02. The first kappa shape index (κ1) is 13.0. The number of benzene rings is 2. The lowest BCUT2D eigenvalue weighted by atomic mass is 9.95. The van der Waals surface area contributed by atoms with E-state index < -0.39 is 5.97 Å². The van der Waals surface area contributed by atoms with Crippen LogP contribution in [0.3, 0.4) is 0 Å². The van der Waals surface area contributed by atoms with Gasteiger partial charge in [0, 0.05) is 11.1 Å². The highest BCUT2D eigenvalue weighted by Gasteiger charge is 2.15. The van der Waals surface area contributed by atoms with Crippen molar-refractivity contribution in [1.82, 2.24) is 0 Å². The molecule has 3 nitrogen and oxygen atoms in total. The first-order chi connectivity index (χ1) is 9.13. The average Bonchev–Trinajstić information content (AvgIpc) is 2.46. The standard InChI is InChI=1S/C16H14O3/c1-2-11-8-9-13(16(18)19)10-14(11)15(17)12-6-4-3-5-7-12/h3-10H,2H2,1H3,(H,18,19). The van der Waals surface area contributed by atoms with Crippen LogP contribution in [0.5, 0.6) is 0 Å². The second-order valence-electron chi connectivity index (χ2n) is 4.23. The van der Waals surface area contributed by atoms with Crippen LogP contribution in [0.25, 0.3) is 0 Å². The van der Waals surface area contributed by atoms with Gasteiger partial charge in [0.1, 0.15) is 0 Å². The molecule has 0 saturated heterocycles. The molecule has 0 atom stereocenters. The smallest absolute Gasteiger partial charge is 0.335 e. The van der Waals surface area contributed by atoms with E-state index in [0.717, 1.165) is 5.56 Å². The fourth-order valence-corrected chi connectivity index (χ4v) is 1.97. The molecule has 96 valence electrons. The molecule has 2 rings (SSSR count). The number of carboxylic acid groups (broad SMARTS) is 1. The minimum atomic E-state index is -1.02. The van der Waals surface area contributed by atoms with Crippen molar-refractivity contribution in [2.45, 2.75) is 13.3 Å². The van der Waals surface area contributed by atoms with Crippen molar-refractivity contribution in [3.8, 4) is 0 Å². The molecule has 3 heteroatoms. The van der Waals surface area contributed by atoms with Crippen molar-refractivity contribution in [2.24, 2.45) is 0 Å². The van der Waals surface area contributed by atoms with Crippen LogP contribution in [-0.2, 0) is 6.42 Å². The van der Waals surface area contributed by atoms with Crippen LogP contribution < -0.4 is 0 Å². The maximum atomic E-state index is 12.4. The Bertz CT molecular complexity index is 615. The molecular formula is C16H14O3. The van der Waals surface area contributed by atoms with Crippen LogP contribution in [0.1, 0.15) is 38.8 Å². The van der Waals surface area contributed by atoms with Gasteiger partial charge in [-0.15, -0.1) is 0 Å². The van der Waals surface area contributed by atoms with E-state index in [2.05, 4.69) is 0 Å². The predicted molar refractivity (Wildman–Crippen MR) is 72.7 cm³/mol. The zero-order chi connectivity index (χ0) is 13.8. The molecule has 0 bridgehead atoms. The molecule has 0 amide bonds. The van der Waals surface area contributed by atoms with Crippen LogP contribution >= 0.6 is 0 Å². The molecule has 0 aromatic heterocycles. The lowest BCUT2D eigenvalue weighted by Gasteiger charge is -2.08. The lowest BCUT2D eigenvalue weighted by Crippen LogP contribution is -2.08. The fraction of sp³-hybridized carbons (Fsp3) is 0.125. The summed E-state index contributed by atoms with van der Waals surface area (Å²) >= 11 is 0. The Kier molecular flexibility index (Phi) is 3.76. The molecule has 0 saturated carbocycles. The molecule has 0 radical (unpaired) electrons. The van der Waals surface area contributed by atoms with E-state index in [-0.39, 0.29) is 11.3 Å². The van der Waals surface area contributed by atoms with Crippen LogP contribution in [0.4, 0.5) is 0 Å². The minimum absolute atomic E-state index is 0.136. The second-order valence-corrected chi connectivity index (χ2v) is 4.23. The lowest BCUT2D eigenvalue weighted by molar-refractivity contribution is 0.0697. The molecule has 0 unspecified atom stereocenters. The zero-order valence-corrected chi connectivity index (χ0v) is 10.6. The monoisotopic (exact) mass is 254 g/mol. The van der Waals surface area contributed by atoms with Crippen molar-refractivity contribution >= 4 is 11.8 Å². The van der Waals surface area contributed by atoms with Gasteiger partial charge in [-0.2, -0.15) is 0 Å². The Morgan fingerprint density at radius 2 is 1.68 bits per heavy atom. The summed E-state index contributed by atoms with van der Waals surface area (Å²) in [5, 5.41) is 9.01. The highest BCUT2D eigenvalue weighted by molar-refractivity contribution is 6.10. The number of aromatic carboxylic acids is 1. The van der Waals surface area contributed by atoms with Crippen molar-refractivity contribution < 1.29 is 14.7 Å². The number of hydrogen-bond acceptors (Lipinski definition) is 2. The van der Waals surface area contributed by atoms with E-state index in [4.69, 9.17) is 5.11 Å². The van der Waals surface area contributed by atoms with Crippen LogP contribution in [-0.4, -0.2) is 16.9 Å². The van der Waals surface area contributed by atoms with E-state index in [9.17, 15) is 9.59 Å². The molecule has 0 heterocycles. The largest absolute Gasteiger partial charge is 0.478 e. The normalized spacial score (nSPS) is 10.2. The van der Waals surface area contributed by atoms with Crippen LogP contribution in [0.2, 0.25) is 0 Å². The fourth-order valence-electron chi connectivity index (χ4n) is 1.97. The van der Waals surface area contributed by atoms with E-state index in [1.807, 2.05) is 13.0 Å². The Labute approximate surface area is 111 Å². The predicted octanol–water partition coefficient (Wildman–Crippen LogP) is 3.18. The first-order valence-corrected chi connectivity index (χ1v) is 6.09. The Balaban J connectivity index is 2.51. The average molecular weight is 254 g/mol. The topological polar surface area (TPSA) is 54.4 Å². The zero-order valence-electron chi connectivity index (χ0n) is 10.6. The Hall–Kier alpha value is -2.42. The molecule has 0 aliphatic heterocycles. The molecular weight excluding hydrogens is 240 g/mol. The van der Waals surface area contributed by atoms with E-state index >= 15 is 0 Å². The number of carbonyl (C=O) groups excluding carboxylic acids is 1. The molecule has 19 heavy (non-hydrogen) atoms. The van der Waals surface area contributed by atoms with Gasteiger partial charge in [0.05, 0.1) is 5.56 Å². The molecule has 1 N–H and O–H groups in total. The van der Waals surface area contributed by atoms with Crippen molar-refractivity contribution in [1.29, 1.82) is 0 Å². The summed E-state index contributed by atoms with van der Waals surface area (Å²) in [6, 6.07) is 13.6. The van der Waals surface area contributed by atoms with Crippen molar-refractivity contribution in [3.63, 3.8) is 0 Å². The van der Waals surface area contributed by atoms with Gasteiger partial charge >= 0.3 is 5.97 Å². The first-order valence-electron chi connectivity index (χ1n) is 6.09. The maximum absolute atomic E-state index is 12.4. The summed E-state index contributed by atoms with van der Waals surface area (Å²) in [5.41, 5.74) is 2.03. The highest BCUT2D eigenvalue weighted by Crippen LogP contribution is 2.17. The summed E-state index contributed by atoms with van der Waals surface area (Å²) in [5.74, 6) is -1.16. The minimum Gasteiger partial charge on any atom is -0.478 e. The molecule has 2 aromatic rings. The molecule has 0 fully saturated rings. The highest BCUT2D eigenvalue weighted by atomic mass is 16.4. The third-order valence-electron chi connectivity index (χ3n) is 3.02. The van der Waals surface area contributed by atoms with Gasteiger partial charge in [-0.05, 0) is 24.1 Å². The van der Waals surface area contributed by atoms with Gasteiger partial charge in [0.2, 0.25) is 0 Å². The molecule has 2 aromatic carbocycles. The second kappa shape index (κ2) is 5.48. The van der Waals surface area contributed by atoms with Crippen molar-refractivity contribution in [2.75, 3.05) is 0 Å². The number of carbonyl (C=O) groups is 2. The number of ketones is 1. The quantitative estimate of drug-likeness (QED) is 0.852. The summed E-state index contributed by atoms with van der Waals surface area (Å²) in [6.07, 6.45) is 0.688. The van der Waals surface area contributed by atoms with Gasteiger partial charge in [0.15, 0.2) is 5.78 Å². The van der Waals surface area contributed by atoms with Gasteiger partial charge in [0.25, 0.3) is 0 Å². The summed E-state index contributed by atoms with van der Waals surface area (Å²) in [7, 11) is 0. The van der Waals surface area contributed by atoms with Crippen LogP contribution in [0.15, 0.2) is 48.5 Å².